The zero-order chi connectivity index (χ0) is 23.6. The Hall–Kier alpha value is -2.28. The van der Waals surface area contributed by atoms with Crippen LogP contribution >= 0.6 is 15.9 Å². The van der Waals surface area contributed by atoms with Crippen LogP contribution < -0.4 is 9.47 Å². The van der Waals surface area contributed by atoms with Crippen LogP contribution in [-0.2, 0) is 12.8 Å². The first-order valence-corrected chi connectivity index (χ1v) is 11.1. The Bertz CT molecular complexity index is 945. The number of rotatable bonds is 5. The van der Waals surface area contributed by atoms with Gasteiger partial charge in [0.15, 0.2) is 0 Å². The molecule has 0 fully saturated rings. The maximum Gasteiger partial charge on any atom is 0.417 e. The quantitative estimate of drug-likeness (QED) is 0.352. The topological polar surface area (TPSA) is 31.4 Å². The van der Waals surface area contributed by atoms with Crippen molar-refractivity contribution in [3.63, 3.8) is 0 Å². The summed E-state index contributed by atoms with van der Waals surface area (Å²) in [5.41, 5.74) is 0.168. The summed E-state index contributed by atoms with van der Waals surface area (Å²) < 4.78 is 52.9. The van der Waals surface area contributed by atoms with Crippen LogP contribution in [0.1, 0.15) is 52.7 Å². The molecule has 0 aliphatic heterocycles. The van der Waals surface area contributed by atoms with Crippen LogP contribution in [0.25, 0.3) is 10.9 Å². The average Bonchev–Trinajstić information content (AvgIpc) is 2.75. The molecule has 0 spiro atoms. The van der Waals surface area contributed by atoms with Gasteiger partial charge in [0.1, 0.15) is 12.4 Å². The molecule has 31 heavy (non-hydrogen) atoms. The second-order valence-electron chi connectivity index (χ2n) is 6.22. The molecule has 0 amide bonds. The highest BCUT2D eigenvalue weighted by atomic mass is 79.9. The lowest BCUT2D eigenvalue weighted by atomic mass is 10.1. The molecule has 0 N–H and O–H groups in total. The van der Waals surface area contributed by atoms with Crippen molar-refractivity contribution in [1.82, 2.24) is 4.98 Å². The summed E-state index contributed by atoms with van der Waals surface area (Å²) in [4.78, 5) is 4.22. The van der Waals surface area contributed by atoms with E-state index in [9.17, 15) is 13.2 Å². The molecule has 0 atom stereocenters. The van der Waals surface area contributed by atoms with Crippen molar-refractivity contribution in [2.75, 3.05) is 0 Å². The molecule has 170 valence electrons. The minimum absolute atomic E-state index is 0.0684. The molecule has 0 aliphatic rings. The van der Waals surface area contributed by atoms with E-state index in [0.29, 0.717) is 4.47 Å². The van der Waals surface area contributed by atoms with E-state index >= 15 is 0 Å². The third kappa shape index (κ3) is 7.42. The first-order chi connectivity index (χ1) is 14.8. The molecule has 0 saturated carbocycles. The Morgan fingerprint density at radius 1 is 0.968 bits per heavy atom. The van der Waals surface area contributed by atoms with Crippen LogP contribution in [0.2, 0.25) is 0 Å². The number of nitrogens with zero attached hydrogens (tertiary/aromatic N) is 1. The highest BCUT2D eigenvalue weighted by Gasteiger charge is 2.35. The molecule has 3 aromatic rings. The van der Waals surface area contributed by atoms with Crippen molar-refractivity contribution in [2.45, 2.75) is 60.4 Å². The van der Waals surface area contributed by atoms with Gasteiger partial charge in [0.25, 0.3) is 0 Å². The van der Waals surface area contributed by atoms with Gasteiger partial charge in [-0.3, -0.25) is 0 Å². The van der Waals surface area contributed by atoms with Crippen molar-refractivity contribution in [1.29, 1.82) is 0 Å². The predicted molar refractivity (Wildman–Crippen MR) is 124 cm³/mol. The summed E-state index contributed by atoms with van der Waals surface area (Å²) in [6.07, 6.45) is -4.87. The lowest BCUT2D eigenvalue weighted by Crippen LogP contribution is -2.12. The van der Waals surface area contributed by atoms with Gasteiger partial charge in [-0.15, -0.1) is 0 Å². The lowest BCUT2D eigenvalue weighted by molar-refractivity contribution is -0.136. The minimum atomic E-state index is -4.58. The Labute approximate surface area is 190 Å². The van der Waals surface area contributed by atoms with E-state index in [1.165, 1.54) is 6.07 Å². The number of aromatic nitrogens is 1. The van der Waals surface area contributed by atoms with Crippen LogP contribution in [0, 0.1) is 0 Å². The number of fused-ring (bicyclic) bond motifs is 1. The first-order valence-electron chi connectivity index (χ1n) is 10.3. The molecule has 0 radical (unpaired) electrons. The summed E-state index contributed by atoms with van der Waals surface area (Å²) >= 11 is 3.30. The van der Waals surface area contributed by atoms with Gasteiger partial charge in [0.05, 0.1) is 27.0 Å². The Kier molecular flexibility index (Phi) is 10.8. The lowest BCUT2D eigenvalue weighted by Gasteiger charge is -2.18. The number of halogens is 4. The number of hydrogen-bond acceptors (Lipinski definition) is 3. The Morgan fingerprint density at radius 3 is 2.13 bits per heavy atom. The minimum Gasteiger partial charge on any atom is -0.487 e. The molecule has 3 rings (SSSR count). The largest absolute Gasteiger partial charge is 0.487 e. The highest BCUT2D eigenvalue weighted by Crippen LogP contribution is 2.43. The summed E-state index contributed by atoms with van der Waals surface area (Å²) in [6, 6.07) is 13.3. The molecule has 2 aromatic carbocycles. The van der Waals surface area contributed by atoms with E-state index in [0.717, 1.165) is 11.6 Å². The molecule has 1 heterocycles. The van der Waals surface area contributed by atoms with Gasteiger partial charge in [-0.05, 0) is 47.5 Å². The summed E-state index contributed by atoms with van der Waals surface area (Å²) in [7, 11) is 0. The van der Waals surface area contributed by atoms with Gasteiger partial charge in [0, 0.05) is 6.07 Å². The van der Waals surface area contributed by atoms with E-state index < -0.39 is 11.7 Å². The number of benzene rings is 2. The molecule has 0 saturated heterocycles. The number of hydrogen-bond donors (Lipinski definition) is 0. The van der Waals surface area contributed by atoms with Crippen molar-refractivity contribution in [2.24, 2.45) is 0 Å². The fraction of sp³-hybridized carbons (Fsp3) is 0.375. The summed E-state index contributed by atoms with van der Waals surface area (Å²) in [6.45, 7) is 11.6. The average molecular weight is 500 g/mol. The van der Waals surface area contributed by atoms with Crippen molar-refractivity contribution < 1.29 is 22.6 Å². The second-order valence-corrected chi connectivity index (χ2v) is 7.07. The molecule has 0 aliphatic carbocycles. The number of alkyl halides is 3. The summed E-state index contributed by atoms with van der Waals surface area (Å²) in [5.74, 6) is 0.0356. The highest BCUT2D eigenvalue weighted by molar-refractivity contribution is 9.10. The van der Waals surface area contributed by atoms with Crippen LogP contribution in [0.5, 0.6) is 11.6 Å². The molecule has 1 aromatic heterocycles. The van der Waals surface area contributed by atoms with Gasteiger partial charge < -0.3 is 9.47 Å². The van der Waals surface area contributed by atoms with Gasteiger partial charge in [-0.25, -0.2) is 4.98 Å². The first kappa shape index (κ1) is 26.8. The van der Waals surface area contributed by atoms with Gasteiger partial charge in [0.2, 0.25) is 5.88 Å². The molecule has 3 nitrogen and oxygen atoms in total. The molecule has 0 unspecified atom stereocenters. The second kappa shape index (κ2) is 12.5. The van der Waals surface area contributed by atoms with E-state index in [1.54, 1.807) is 19.9 Å². The van der Waals surface area contributed by atoms with Crippen LogP contribution in [0.15, 0.2) is 53.0 Å². The van der Waals surface area contributed by atoms with E-state index in [-0.39, 0.29) is 35.2 Å². The molecular weight excluding hydrogens is 471 g/mol. The smallest absolute Gasteiger partial charge is 0.417 e. The predicted octanol–water partition coefficient (Wildman–Crippen LogP) is 8.43. The van der Waals surface area contributed by atoms with Crippen LogP contribution in [0.4, 0.5) is 13.2 Å². The monoisotopic (exact) mass is 499 g/mol. The SMILES string of the molecule is CC.CC.CC(C)Oc1cc(C(F)(F)F)c2c(OCc3ccccc3)c(Br)ccc2n1. The maximum atomic E-state index is 13.8. The van der Waals surface area contributed by atoms with Crippen molar-refractivity contribution in [3.05, 3.63) is 64.1 Å². The number of ether oxygens (including phenoxy) is 2. The van der Waals surface area contributed by atoms with E-state index in [4.69, 9.17) is 9.47 Å². The molecular formula is C24H29BrF3NO2. The molecule has 0 bridgehead atoms. The van der Waals surface area contributed by atoms with Gasteiger partial charge in [-0.2, -0.15) is 13.2 Å². The fourth-order valence-electron chi connectivity index (χ4n) is 2.64. The zero-order valence-corrected chi connectivity index (χ0v) is 20.3. The van der Waals surface area contributed by atoms with Crippen molar-refractivity contribution in [3.8, 4) is 11.6 Å². The van der Waals surface area contributed by atoms with Gasteiger partial charge >= 0.3 is 6.18 Å². The third-order valence-corrected chi connectivity index (χ3v) is 4.37. The van der Waals surface area contributed by atoms with Crippen LogP contribution in [-0.4, -0.2) is 11.1 Å². The van der Waals surface area contributed by atoms with E-state index in [2.05, 4.69) is 20.9 Å². The molecule has 7 heteroatoms. The van der Waals surface area contributed by atoms with Crippen molar-refractivity contribution >= 4 is 26.8 Å². The number of pyridine rings is 1. The fourth-order valence-corrected chi connectivity index (χ4v) is 3.09. The Balaban J connectivity index is 0.00000113. The third-order valence-electron chi connectivity index (χ3n) is 3.74. The summed E-state index contributed by atoms with van der Waals surface area (Å²) in [5, 5.41) is -0.0936. The Morgan fingerprint density at radius 2 is 1.58 bits per heavy atom. The van der Waals surface area contributed by atoms with Crippen LogP contribution in [0.3, 0.4) is 0 Å². The maximum absolute atomic E-state index is 13.8. The van der Waals surface area contributed by atoms with Gasteiger partial charge in [-0.1, -0.05) is 58.0 Å². The standard InChI is InChI=1S/C20H17BrF3NO2.2C2H6/c1-12(2)27-17-10-14(20(22,23)24)18-16(25-17)9-8-15(21)19(18)26-11-13-6-4-3-5-7-13;2*1-2/h3-10,12H,11H2,1-2H3;2*1-2H3. The van der Waals surface area contributed by atoms with E-state index in [1.807, 2.05) is 58.0 Å². The normalized spacial score (nSPS) is 10.7. The zero-order valence-electron chi connectivity index (χ0n) is 18.7.